The van der Waals surface area contributed by atoms with Crippen LogP contribution in [0.25, 0.3) is 0 Å². The SMILES string of the molecule is CNC1NCCN1. The zero-order chi connectivity index (χ0) is 5.11. The van der Waals surface area contributed by atoms with Crippen molar-refractivity contribution in [3.8, 4) is 0 Å². The van der Waals surface area contributed by atoms with Crippen LogP contribution in [0.4, 0.5) is 0 Å². The summed E-state index contributed by atoms with van der Waals surface area (Å²) in [5.74, 6) is 0. The lowest BCUT2D eigenvalue weighted by Crippen LogP contribution is -2.42. The van der Waals surface area contributed by atoms with Gasteiger partial charge in [-0.25, -0.2) is 0 Å². The highest BCUT2D eigenvalue weighted by Gasteiger charge is 2.07. The third-order valence-electron chi connectivity index (χ3n) is 1.11. The molecule has 0 aromatic heterocycles. The van der Waals surface area contributed by atoms with E-state index in [4.69, 9.17) is 0 Å². The molecule has 1 saturated heterocycles. The molecule has 3 nitrogen and oxygen atoms in total. The van der Waals surface area contributed by atoms with E-state index < -0.39 is 0 Å². The predicted molar refractivity (Wildman–Crippen MR) is 28.9 cm³/mol. The van der Waals surface area contributed by atoms with Gasteiger partial charge >= 0.3 is 0 Å². The van der Waals surface area contributed by atoms with Gasteiger partial charge in [0.15, 0.2) is 0 Å². The molecule has 0 spiro atoms. The third kappa shape index (κ3) is 1.12. The molecule has 7 heavy (non-hydrogen) atoms. The smallest absolute Gasteiger partial charge is 0.111 e. The molecule has 3 N–H and O–H groups in total. The van der Waals surface area contributed by atoms with Gasteiger partial charge in [0.1, 0.15) is 6.29 Å². The molecule has 0 bridgehead atoms. The summed E-state index contributed by atoms with van der Waals surface area (Å²) in [5, 5.41) is 9.41. The van der Waals surface area contributed by atoms with Crippen LogP contribution in [0.3, 0.4) is 0 Å². The number of hydrogen-bond donors (Lipinski definition) is 3. The van der Waals surface area contributed by atoms with Crippen LogP contribution in [0.2, 0.25) is 0 Å². The molecule has 0 amide bonds. The average molecular weight is 101 g/mol. The van der Waals surface area contributed by atoms with E-state index in [9.17, 15) is 0 Å². The number of hydrogen-bond acceptors (Lipinski definition) is 3. The van der Waals surface area contributed by atoms with E-state index in [-0.39, 0.29) is 0 Å². The van der Waals surface area contributed by atoms with Gasteiger partial charge in [-0.15, -0.1) is 0 Å². The molecule has 1 rings (SSSR count). The molecule has 0 aromatic carbocycles. The summed E-state index contributed by atoms with van der Waals surface area (Å²) >= 11 is 0. The van der Waals surface area contributed by atoms with Gasteiger partial charge in [-0.1, -0.05) is 0 Å². The maximum Gasteiger partial charge on any atom is 0.111 e. The summed E-state index contributed by atoms with van der Waals surface area (Å²) in [5.41, 5.74) is 0. The minimum absolute atomic E-state index is 0.347. The van der Waals surface area contributed by atoms with Crippen LogP contribution in [0.15, 0.2) is 0 Å². The third-order valence-corrected chi connectivity index (χ3v) is 1.11. The molecule has 3 heteroatoms. The second-order valence-corrected chi connectivity index (χ2v) is 1.63. The monoisotopic (exact) mass is 101 g/mol. The topological polar surface area (TPSA) is 36.1 Å². The fourth-order valence-corrected chi connectivity index (χ4v) is 0.709. The van der Waals surface area contributed by atoms with Gasteiger partial charge in [-0.2, -0.15) is 0 Å². The second kappa shape index (κ2) is 2.26. The fraction of sp³-hybridized carbons (Fsp3) is 1.00. The molecular weight excluding hydrogens is 90.1 g/mol. The van der Waals surface area contributed by atoms with Crippen LogP contribution in [-0.4, -0.2) is 26.4 Å². The predicted octanol–water partition coefficient (Wildman–Crippen LogP) is -1.32. The Morgan fingerprint density at radius 1 is 1.43 bits per heavy atom. The van der Waals surface area contributed by atoms with E-state index in [2.05, 4.69) is 16.0 Å². The average Bonchev–Trinajstić information content (AvgIpc) is 2.14. The van der Waals surface area contributed by atoms with Crippen LogP contribution < -0.4 is 16.0 Å². The molecule has 0 saturated carbocycles. The summed E-state index contributed by atoms with van der Waals surface area (Å²) in [6, 6.07) is 0. The molecule has 42 valence electrons. The summed E-state index contributed by atoms with van der Waals surface area (Å²) in [7, 11) is 1.93. The van der Waals surface area contributed by atoms with Gasteiger partial charge < -0.3 is 0 Å². The van der Waals surface area contributed by atoms with Gasteiger partial charge in [-0.05, 0) is 7.05 Å². The zero-order valence-corrected chi connectivity index (χ0v) is 4.49. The molecule has 1 heterocycles. The highest BCUT2D eigenvalue weighted by atomic mass is 15.3. The fourth-order valence-electron chi connectivity index (χ4n) is 0.709. The van der Waals surface area contributed by atoms with Crippen LogP contribution >= 0.6 is 0 Å². The Labute approximate surface area is 43.5 Å². The molecule has 0 unspecified atom stereocenters. The van der Waals surface area contributed by atoms with Gasteiger partial charge in [-0.3, -0.25) is 16.0 Å². The van der Waals surface area contributed by atoms with Crippen molar-refractivity contribution in [1.29, 1.82) is 0 Å². The van der Waals surface area contributed by atoms with Crippen LogP contribution in [0.1, 0.15) is 0 Å². The molecule has 0 aliphatic carbocycles. The van der Waals surface area contributed by atoms with Crippen molar-refractivity contribution in [1.82, 2.24) is 16.0 Å². The number of rotatable bonds is 1. The van der Waals surface area contributed by atoms with Crippen molar-refractivity contribution in [3.63, 3.8) is 0 Å². The summed E-state index contributed by atoms with van der Waals surface area (Å²) in [6.45, 7) is 2.15. The maximum atomic E-state index is 3.18. The summed E-state index contributed by atoms with van der Waals surface area (Å²) in [4.78, 5) is 0. The second-order valence-electron chi connectivity index (χ2n) is 1.63. The van der Waals surface area contributed by atoms with Crippen LogP contribution in [0, 0.1) is 0 Å². The first-order valence-electron chi connectivity index (χ1n) is 2.57. The van der Waals surface area contributed by atoms with Gasteiger partial charge in [0, 0.05) is 13.1 Å². The van der Waals surface area contributed by atoms with E-state index >= 15 is 0 Å². The van der Waals surface area contributed by atoms with E-state index in [0.717, 1.165) is 13.1 Å². The lowest BCUT2D eigenvalue weighted by Gasteiger charge is -2.06. The largest absolute Gasteiger partial charge is 0.293 e. The normalized spacial score (nSPS) is 23.6. The van der Waals surface area contributed by atoms with Gasteiger partial charge in [0.2, 0.25) is 0 Å². The van der Waals surface area contributed by atoms with Crippen molar-refractivity contribution in [2.45, 2.75) is 6.29 Å². The zero-order valence-electron chi connectivity index (χ0n) is 4.49. The highest BCUT2D eigenvalue weighted by Crippen LogP contribution is 1.75. The minimum Gasteiger partial charge on any atom is -0.293 e. The first kappa shape index (κ1) is 5.03. The van der Waals surface area contributed by atoms with Crippen LogP contribution in [0.5, 0.6) is 0 Å². The quantitative estimate of drug-likeness (QED) is 0.383. The lowest BCUT2D eigenvalue weighted by atomic mass is 10.7. The molecule has 0 atom stereocenters. The van der Waals surface area contributed by atoms with Crippen LogP contribution in [-0.2, 0) is 0 Å². The van der Waals surface area contributed by atoms with E-state index in [1.54, 1.807) is 0 Å². The van der Waals surface area contributed by atoms with Crippen molar-refractivity contribution >= 4 is 0 Å². The van der Waals surface area contributed by atoms with E-state index in [0.29, 0.717) is 6.29 Å². The summed E-state index contributed by atoms with van der Waals surface area (Å²) in [6.07, 6.45) is 0.347. The standard InChI is InChI=1S/C4H11N3/c1-5-4-6-2-3-7-4/h4-7H,2-3H2,1H3. The first-order valence-corrected chi connectivity index (χ1v) is 2.57. The Bertz CT molecular complexity index is 48.9. The van der Waals surface area contributed by atoms with Crippen molar-refractivity contribution < 1.29 is 0 Å². The number of nitrogens with one attached hydrogen (secondary N) is 3. The Hall–Kier alpha value is -0.120. The van der Waals surface area contributed by atoms with Crippen molar-refractivity contribution in [3.05, 3.63) is 0 Å². The Morgan fingerprint density at radius 2 is 2.00 bits per heavy atom. The minimum atomic E-state index is 0.347. The van der Waals surface area contributed by atoms with E-state index in [1.807, 2.05) is 7.05 Å². The molecule has 0 radical (unpaired) electrons. The molecule has 0 aromatic rings. The molecule has 1 aliphatic rings. The summed E-state index contributed by atoms with van der Waals surface area (Å²) < 4.78 is 0. The Morgan fingerprint density at radius 3 is 2.29 bits per heavy atom. The molecular formula is C4H11N3. The van der Waals surface area contributed by atoms with Gasteiger partial charge in [0.25, 0.3) is 0 Å². The molecule has 1 aliphatic heterocycles. The maximum absolute atomic E-state index is 3.18. The van der Waals surface area contributed by atoms with Gasteiger partial charge in [0.05, 0.1) is 0 Å². The highest BCUT2D eigenvalue weighted by molar-refractivity contribution is 4.67. The Balaban J connectivity index is 2.14. The lowest BCUT2D eigenvalue weighted by molar-refractivity contribution is 0.485. The molecule has 1 fully saturated rings. The first-order chi connectivity index (χ1) is 3.43. The van der Waals surface area contributed by atoms with Crippen molar-refractivity contribution in [2.24, 2.45) is 0 Å². The van der Waals surface area contributed by atoms with Crippen molar-refractivity contribution in [2.75, 3.05) is 20.1 Å². The van der Waals surface area contributed by atoms with E-state index in [1.165, 1.54) is 0 Å². The Kier molecular flexibility index (Phi) is 1.62.